The van der Waals surface area contributed by atoms with E-state index < -0.39 is 0 Å². The highest BCUT2D eigenvalue weighted by Gasteiger charge is 2.08. The van der Waals surface area contributed by atoms with Gasteiger partial charge in [0.1, 0.15) is 0 Å². The van der Waals surface area contributed by atoms with E-state index in [1.807, 2.05) is 72.4 Å². The molecule has 0 bridgehead atoms. The standard InChI is InChI=1S/C22H24N4O2S/c1-17-6-4-9-20(12-17)25-22(28)16-29-15-21(27)23-13-18-7-2-3-8-19(18)14-26-11-5-10-24-26/h2-12H,13-16H2,1H3,(H,23,27)(H,25,28). The molecule has 0 aliphatic rings. The molecule has 0 saturated carbocycles. The van der Waals surface area contributed by atoms with E-state index in [9.17, 15) is 9.59 Å². The molecule has 0 saturated heterocycles. The maximum atomic E-state index is 12.1. The number of thioether (sulfide) groups is 1. The molecule has 29 heavy (non-hydrogen) atoms. The van der Waals surface area contributed by atoms with Crippen LogP contribution in [0.15, 0.2) is 67.0 Å². The average molecular weight is 409 g/mol. The molecule has 3 rings (SSSR count). The van der Waals surface area contributed by atoms with Crippen LogP contribution in [0.1, 0.15) is 16.7 Å². The Morgan fingerprint density at radius 3 is 2.55 bits per heavy atom. The minimum Gasteiger partial charge on any atom is -0.351 e. The Hall–Kier alpha value is -3.06. The van der Waals surface area contributed by atoms with Crippen molar-refractivity contribution in [3.8, 4) is 0 Å². The predicted octanol–water partition coefficient (Wildman–Crippen LogP) is 3.23. The van der Waals surface area contributed by atoms with Crippen molar-refractivity contribution in [1.82, 2.24) is 15.1 Å². The zero-order valence-corrected chi connectivity index (χ0v) is 17.1. The molecule has 0 fully saturated rings. The maximum Gasteiger partial charge on any atom is 0.234 e. The van der Waals surface area contributed by atoms with Gasteiger partial charge in [0.15, 0.2) is 0 Å². The number of hydrogen-bond acceptors (Lipinski definition) is 4. The smallest absolute Gasteiger partial charge is 0.234 e. The van der Waals surface area contributed by atoms with Crippen LogP contribution in [-0.4, -0.2) is 33.1 Å². The lowest BCUT2D eigenvalue weighted by Crippen LogP contribution is -2.26. The van der Waals surface area contributed by atoms with Gasteiger partial charge in [0.25, 0.3) is 0 Å². The fraction of sp³-hybridized carbons (Fsp3) is 0.227. The van der Waals surface area contributed by atoms with Crippen LogP contribution in [0.4, 0.5) is 5.69 Å². The van der Waals surface area contributed by atoms with Gasteiger partial charge in [0.2, 0.25) is 11.8 Å². The van der Waals surface area contributed by atoms with Gasteiger partial charge in [-0.25, -0.2) is 0 Å². The number of benzene rings is 2. The maximum absolute atomic E-state index is 12.1. The van der Waals surface area contributed by atoms with Crippen LogP contribution in [-0.2, 0) is 22.7 Å². The van der Waals surface area contributed by atoms with E-state index in [-0.39, 0.29) is 23.3 Å². The van der Waals surface area contributed by atoms with E-state index in [1.165, 1.54) is 11.8 Å². The fourth-order valence-corrected chi connectivity index (χ4v) is 3.50. The Kier molecular flexibility index (Phi) is 7.47. The second-order valence-electron chi connectivity index (χ2n) is 6.66. The number of carbonyl (C=O) groups excluding carboxylic acids is 2. The lowest BCUT2D eigenvalue weighted by molar-refractivity contribution is -0.118. The Balaban J connectivity index is 1.41. The van der Waals surface area contributed by atoms with Gasteiger partial charge < -0.3 is 10.6 Å². The quantitative estimate of drug-likeness (QED) is 0.570. The predicted molar refractivity (Wildman–Crippen MR) is 117 cm³/mol. The summed E-state index contributed by atoms with van der Waals surface area (Å²) in [5.74, 6) is 0.269. The van der Waals surface area contributed by atoms with Crippen molar-refractivity contribution in [2.75, 3.05) is 16.8 Å². The summed E-state index contributed by atoms with van der Waals surface area (Å²) in [6, 6.07) is 17.5. The molecule has 0 radical (unpaired) electrons. The number of nitrogens with zero attached hydrogens (tertiary/aromatic N) is 2. The highest BCUT2D eigenvalue weighted by atomic mass is 32.2. The van der Waals surface area contributed by atoms with Gasteiger partial charge in [0, 0.05) is 24.6 Å². The molecule has 3 aromatic rings. The molecule has 0 aliphatic carbocycles. The van der Waals surface area contributed by atoms with Crippen LogP contribution in [0.3, 0.4) is 0 Å². The Morgan fingerprint density at radius 2 is 1.79 bits per heavy atom. The van der Waals surface area contributed by atoms with Crippen LogP contribution >= 0.6 is 11.8 Å². The lowest BCUT2D eigenvalue weighted by Gasteiger charge is -2.11. The molecule has 150 valence electrons. The summed E-state index contributed by atoms with van der Waals surface area (Å²) in [6.45, 7) is 3.08. The first kappa shape index (κ1) is 20.7. The number of carbonyl (C=O) groups is 2. The molecule has 2 aromatic carbocycles. The van der Waals surface area contributed by atoms with Gasteiger partial charge in [-0.15, -0.1) is 11.8 Å². The van der Waals surface area contributed by atoms with Crippen molar-refractivity contribution >= 4 is 29.3 Å². The summed E-state index contributed by atoms with van der Waals surface area (Å²) >= 11 is 1.30. The minimum absolute atomic E-state index is 0.0905. The highest BCUT2D eigenvalue weighted by Crippen LogP contribution is 2.12. The number of nitrogens with one attached hydrogen (secondary N) is 2. The lowest BCUT2D eigenvalue weighted by atomic mass is 10.1. The number of aromatic nitrogens is 2. The topological polar surface area (TPSA) is 76.0 Å². The first-order valence-electron chi connectivity index (χ1n) is 9.35. The van der Waals surface area contributed by atoms with Crippen LogP contribution in [0, 0.1) is 6.92 Å². The van der Waals surface area contributed by atoms with E-state index >= 15 is 0 Å². The molecule has 2 N–H and O–H groups in total. The molecular weight excluding hydrogens is 384 g/mol. The summed E-state index contributed by atoms with van der Waals surface area (Å²) < 4.78 is 1.85. The van der Waals surface area contributed by atoms with Crippen molar-refractivity contribution in [3.05, 3.63) is 83.7 Å². The third-order valence-corrected chi connectivity index (χ3v) is 5.19. The molecule has 0 aliphatic heterocycles. The van der Waals surface area contributed by atoms with Crippen molar-refractivity contribution < 1.29 is 9.59 Å². The molecule has 7 heteroatoms. The largest absolute Gasteiger partial charge is 0.351 e. The van der Waals surface area contributed by atoms with Crippen molar-refractivity contribution in [3.63, 3.8) is 0 Å². The Bertz CT molecular complexity index is 957. The van der Waals surface area contributed by atoms with Gasteiger partial charge in [-0.3, -0.25) is 14.3 Å². The molecule has 2 amide bonds. The Morgan fingerprint density at radius 1 is 1.00 bits per heavy atom. The first-order chi connectivity index (χ1) is 14.1. The molecule has 6 nitrogen and oxygen atoms in total. The van der Waals surface area contributed by atoms with Crippen molar-refractivity contribution in [1.29, 1.82) is 0 Å². The third-order valence-electron chi connectivity index (χ3n) is 4.25. The van der Waals surface area contributed by atoms with E-state index in [0.29, 0.717) is 13.1 Å². The monoisotopic (exact) mass is 408 g/mol. The number of anilines is 1. The molecule has 1 heterocycles. The summed E-state index contributed by atoms with van der Waals surface area (Å²) in [5, 5.41) is 10.00. The van der Waals surface area contributed by atoms with Crippen LogP contribution in [0.5, 0.6) is 0 Å². The van der Waals surface area contributed by atoms with E-state index in [4.69, 9.17) is 0 Å². The third kappa shape index (κ3) is 6.80. The Labute approximate surface area is 174 Å². The molecule has 0 spiro atoms. The van der Waals surface area contributed by atoms with Crippen molar-refractivity contribution in [2.24, 2.45) is 0 Å². The van der Waals surface area contributed by atoms with E-state index in [1.54, 1.807) is 6.20 Å². The second-order valence-corrected chi connectivity index (χ2v) is 7.65. The molecule has 0 unspecified atom stereocenters. The van der Waals surface area contributed by atoms with Crippen LogP contribution < -0.4 is 10.6 Å². The molecule has 0 atom stereocenters. The zero-order chi connectivity index (χ0) is 20.5. The molecule has 1 aromatic heterocycles. The average Bonchev–Trinajstić information content (AvgIpc) is 3.20. The van der Waals surface area contributed by atoms with Gasteiger partial charge in [-0.05, 0) is 41.8 Å². The van der Waals surface area contributed by atoms with Crippen LogP contribution in [0.2, 0.25) is 0 Å². The van der Waals surface area contributed by atoms with E-state index in [0.717, 1.165) is 22.4 Å². The molecular formula is C22H24N4O2S. The zero-order valence-electron chi connectivity index (χ0n) is 16.3. The minimum atomic E-state index is -0.113. The number of rotatable bonds is 9. The first-order valence-corrected chi connectivity index (χ1v) is 10.5. The number of amides is 2. The van der Waals surface area contributed by atoms with Gasteiger partial charge >= 0.3 is 0 Å². The number of hydrogen-bond donors (Lipinski definition) is 2. The van der Waals surface area contributed by atoms with Crippen LogP contribution in [0.25, 0.3) is 0 Å². The SMILES string of the molecule is Cc1cccc(NC(=O)CSCC(=O)NCc2ccccc2Cn2cccn2)c1. The highest BCUT2D eigenvalue weighted by molar-refractivity contribution is 8.00. The normalized spacial score (nSPS) is 10.5. The van der Waals surface area contributed by atoms with Gasteiger partial charge in [-0.2, -0.15) is 5.10 Å². The van der Waals surface area contributed by atoms with E-state index in [2.05, 4.69) is 15.7 Å². The summed E-state index contributed by atoms with van der Waals surface area (Å²) in [6.07, 6.45) is 3.66. The summed E-state index contributed by atoms with van der Waals surface area (Å²) in [7, 11) is 0. The summed E-state index contributed by atoms with van der Waals surface area (Å²) in [4.78, 5) is 24.2. The van der Waals surface area contributed by atoms with Gasteiger partial charge in [0.05, 0.1) is 18.1 Å². The fourth-order valence-electron chi connectivity index (χ4n) is 2.85. The second kappa shape index (κ2) is 10.5. The van der Waals surface area contributed by atoms with Crippen molar-refractivity contribution in [2.45, 2.75) is 20.0 Å². The summed E-state index contributed by atoms with van der Waals surface area (Å²) in [5.41, 5.74) is 4.02. The van der Waals surface area contributed by atoms with Gasteiger partial charge in [-0.1, -0.05) is 36.4 Å². The number of aryl methyl sites for hydroxylation is 1.